The predicted octanol–water partition coefficient (Wildman–Crippen LogP) is 3.20. The number of benzene rings is 1. The van der Waals surface area contributed by atoms with Gasteiger partial charge >= 0.3 is 12.1 Å². The molecular weight excluding hydrogens is 270 g/mol. The Morgan fingerprint density at radius 3 is 2.19 bits per heavy atom. The Bertz CT molecular complexity index is 479. The number of amides is 1. The monoisotopic (exact) mass is 293 g/mol. The van der Waals surface area contributed by atoms with Crippen LogP contribution in [-0.2, 0) is 14.3 Å². The molecule has 0 aliphatic heterocycles. The summed E-state index contributed by atoms with van der Waals surface area (Å²) in [6, 6.07) is 9.52. The van der Waals surface area contributed by atoms with Crippen LogP contribution in [0.3, 0.4) is 0 Å². The Hall–Kier alpha value is -2.04. The minimum atomic E-state index is -0.778. The minimum Gasteiger partial charge on any atom is -0.444 e. The van der Waals surface area contributed by atoms with Crippen molar-refractivity contribution >= 4 is 12.1 Å². The molecule has 0 heterocycles. The number of ether oxygens (including phenoxy) is 2. The highest BCUT2D eigenvalue weighted by molar-refractivity contribution is 5.70. The Balaban J connectivity index is 2.81. The van der Waals surface area contributed by atoms with Gasteiger partial charge in [0.1, 0.15) is 5.60 Å². The van der Waals surface area contributed by atoms with Crippen LogP contribution in [0.15, 0.2) is 30.3 Å². The fourth-order valence-electron chi connectivity index (χ4n) is 1.79. The first-order chi connectivity index (χ1) is 9.69. The van der Waals surface area contributed by atoms with Crippen molar-refractivity contribution < 1.29 is 19.1 Å². The zero-order valence-corrected chi connectivity index (χ0v) is 13.2. The number of hydrogen-bond acceptors (Lipinski definition) is 4. The molecule has 0 bridgehead atoms. The van der Waals surface area contributed by atoms with Gasteiger partial charge < -0.3 is 9.47 Å². The van der Waals surface area contributed by atoms with Crippen molar-refractivity contribution in [1.82, 2.24) is 5.32 Å². The van der Waals surface area contributed by atoms with Crippen LogP contribution in [0.1, 0.15) is 46.1 Å². The highest BCUT2D eigenvalue weighted by Crippen LogP contribution is 2.20. The Morgan fingerprint density at radius 1 is 1.14 bits per heavy atom. The van der Waals surface area contributed by atoms with E-state index in [0.717, 1.165) is 5.56 Å². The molecule has 0 saturated carbocycles. The molecule has 0 radical (unpaired) electrons. The van der Waals surface area contributed by atoms with Crippen LogP contribution in [0.2, 0.25) is 0 Å². The van der Waals surface area contributed by atoms with Crippen LogP contribution < -0.4 is 5.32 Å². The van der Waals surface area contributed by atoms with Crippen LogP contribution in [0, 0.1) is 0 Å². The topological polar surface area (TPSA) is 64.6 Å². The first-order valence-electron chi connectivity index (χ1n) is 6.91. The summed E-state index contributed by atoms with van der Waals surface area (Å²) in [5.41, 5.74) is 0.348. The zero-order valence-electron chi connectivity index (χ0n) is 13.2. The number of hydrogen-bond donors (Lipinski definition) is 1. The van der Waals surface area contributed by atoms with Crippen molar-refractivity contribution in [1.29, 1.82) is 0 Å². The first-order valence-corrected chi connectivity index (χ1v) is 6.91. The molecule has 0 aliphatic carbocycles. The van der Waals surface area contributed by atoms with Gasteiger partial charge in [-0.3, -0.25) is 10.1 Å². The summed E-state index contributed by atoms with van der Waals surface area (Å²) in [6.45, 7) is 8.50. The first kappa shape index (κ1) is 17.0. The van der Waals surface area contributed by atoms with Gasteiger partial charge in [0.15, 0.2) is 6.23 Å². The van der Waals surface area contributed by atoms with Crippen molar-refractivity contribution in [2.45, 2.75) is 52.4 Å². The van der Waals surface area contributed by atoms with Crippen molar-refractivity contribution in [3.8, 4) is 0 Å². The summed E-state index contributed by atoms with van der Waals surface area (Å²) in [7, 11) is 0. The fraction of sp³-hybridized carbons (Fsp3) is 0.500. The largest absolute Gasteiger partial charge is 0.444 e. The summed E-state index contributed by atoms with van der Waals surface area (Å²) in [6.07, 6.45) is -1.39. The quantitative estimate of drug-likeness (QED) is 0.684. The van der Waals surface area contributed by atoms with Gasteiger partial charge in [-0.05, 0) is 26.3 Å². The summed E-state index contributed by atoms with van der Waals surface area (Å²) >= 11 is 0. The number of nitrogens with one attached hydrogen (secondary N) is 1. The standard InChI is InChI=1S/C16H23NO4/c1-11(13-9-7-6-8-10-13)14(20-12(2)18)17-15(19)21-16(3,4)5/h6-11,14H,1-5H3,(H,17,19)/t11-,14?/m0/s1. The maximum Gasteiger partial charge on any atom is 0.410 e. The average Bonchev–Trinajstić information content (AvgIpc) is 2.35. The Kier molecular flexibility index (Phi) is 5.76. The molecule has 1 amide bonds. The lowest BCUT2D eigenvalue weighted by Crippen LogP contribution is -2.44. The third-order valence-electron chi connectivity index (χ3n) is 2.73. The SMILES string of the molecule is CC(=O)OC(NC(=O)OC(C)(C)C)[C@@H](C)c1ccccc1. The molecule has 21 heavy (non-hydrogen) atoms. The number of alkyl carbamates (subject to hydrolysis) is 1. The summed E-state index contributed by atoms with van der Waals surface area (Å²) < 4.78 is 10.4. The highest BCUT2D eigenvalue weighted by Gasteiger charge is 2.26. The van der Waals surface area contributed by atoms with E-state index in [1.54, 1.807) is 20.8 Å². The van der Waals surface area contributed by atoms with E-state index in [1.165, 1.54) is 6.92 Å². The molecule has 0 fully saturated rings. The molecule has 1 aromatic rings. The van der Waals surface area contributed by atoms with Crippen molar-refractivity contribution in [3.63, 3.8) is 0 Å². The maximum absolute atomic E-state index is 11.9. The van der Waals surface area contributed by atoms with E-state index in [-0.39, 0.29) is 5.92 Å². The van der Waals surface area contributed by atoms with E-state index < -0.39 is 23.9 Å². The molecule has 2 atom stereocenters. The second kappa shape index (κ2) is 7.11. The Morgan fingerprint density at radius 2 is 1.71 bits per heavy atom. The van der Waals surface area contributed by atoms with Crippen LogP contribution in [-0.4, -0.2) is 23.9 Å². The molecule has 0 aromatic heterocycles. The van der Waals surface area contributed by atoms with Crippen molar-refractivity contribution in [3.05, 3.63) is 35.9 Å². The smallest absolute Gasteiger partial charge is 0.410 e. The molecule has 1 rings (SSSR count). The van der Waals surface area contributed by atoms with E-state index in [4.69, 9.17) is 9.47 Å². The number of rotatable bonds is 4. The van der Waals surface area contributed by atoms with Gasteiger partial charge in [-0.15, -0.1) is 0 Å². The number of carbonyl (C=O) groups excluding carboxylic acids is 2. The van der Waals surface area contributed by atoms with Gasteiger partial charge in [-0.1, -0.05) is 37.3 Å². The van der Waals surface area contributed by atoms with Crippen LogP contribution in [0.4, 0.5) is 4.79 Å². The average molecular weight is 293 g/mol. The minimum absolute atomic E-state index is 0.192. The normalized spacial score (nSPS) is 14.0. The molecular formula is C16H23NO4. The zero-order chi connectivity index (χ0) is 16.0. The lowest BCUT2D eigenvalue weighted by atomic mass is 9.99. The molecule has 0 spiro atoms. The van der Waals surface area contributed by atoms with E-state index >= 15 is 0 Å². The van der Waals surface area contributed by atoms with Gasteiger partial charge in [0, 0.05) is 12.8 Å². The van der Waals surface area contributed by atoms with Gasteiger partial charge in [0.25, 0.3) is 0 Å². The summed E-state index contributed by atoms with van der Waals surface area (Å²) in [5, 5.41) is 2.60. The predicted molar refractivity (Wildman–Crippen MR) is 79.8 cm³/mol. The molecule has 5 nitrogen and oxygen atoms in total. The molecule has 1 unspecified atom stereocenters. The van der Waals surface area contributed by atoms with E-state index in [0.29, 0.717) is 0 Å². The molecule has 1 N–H and O–H groups in total. The summed E-state index contributed by atoms with van der Waals surface area (Å²) in [5.74, 6) is -0.651. The number of esters is 1. The van der Waals surface area contributed by atoms with E-state index in [1.807, 2.05) is 37.3 Å². The van der Waals surface area contributed by atoms with E-state index in [9.17, 15) is 9.59 Å². The molecule has 0 aliphatic rings. The van der Waals surface area contributed by atoms with Gasteiger partial charge in [-0.2, -0.15) is 0 Å². The lowest BCUT2D eigenvalue weighted by Gasteiger charge is -2.27. The fourth-order valence-corrected chi connectivity index (χ4v) is 1.79. The van der Waals surface area contributed by atoms with Gasteiger partial charge in [-0.25, -0.2) is 4.79 Å². The summed E-state index contributed by atoms with van der Waals surface area (Å²) in [4.78, 5) is 23.1. The highest BCUT2D eigenvalue weighted by atomic mass is 16.6. The second-order valence-corrected chi connectivity index (χ2v) is 5.88. The van der Waals surface area contributed by atoms with Crippen LogP contribution >= 0.6 is 0 Å². The second-order valence-electron chi connectivity index (χ2n) is 5.88. The van der Waals surface area contributed by atoms with Crippen molar-refractivity contribution in [2.24, 2.45) is 0 Å². The lowest BCUT2D eigenvalue weighted by molar-refractivity contribution is -0.148. The van der Waals surface area contributed by atoms with Crippen LogP contribution in [0.5, 0.6) is 0 Å². The number of carbonyl (C=O) groups is 2. The molecule has 5 heteroatoms. The van der Waals surface area contributed by atoms with Gasteiger partial charge in [0.2, 0.25) is 0 Å². The molecule has 116 valence electrons. The Labute approximate surface area is 125 Å². The molecule has 0 saturated heterocycles. The third-order valence-corrected chi connectivity index (χ3v) is 2.73. The van der Waals surface area contributed by atoms with E-state index in [2.05, 4.69) is 5.32 Å². The van der Waals surface area contributed by atoms with Crippen LogP contribution in [0.25, 0.3) is 0 Å². The maximum atomic E-state index is 11.9. The van der Waals surface area contributed by atoms with Gasteiger partial charge in [0.05, 0.1) is 0 Å². The molecule has 1 aromatic carbocycles. The van der Waals surface area contributed by atoms with Crippen molar-refractivity contribution in [2.75, 3.05) is 0 Å². The third kappa shape index (κ3) is 6.29.